The summed E-state index contributed by atoms with van der Waals surface area (Å²) in [7, 11) is -3.74. The molecule has 202 valence electrons. The van der Waals surface area contributed by atoms with Crippen molar-refractivity contribution < 1.29 is 26.7 Å². The molecule has 0 unspecified atom stereocenters. The summed E-state index contributed by atoms with van der Waals surface area (Å²) < 4.78 is 59.3. The van der Waals surface area contributed by atoms with E-state index in [1.54, 1.807) is 19.9 Å². The molecular formula is C28H22Cl2F2N2O4S. The van der Waals surface area contributed by atoms with E-state index in [2.05, 4.69) is 10.6 Å². The van der Waals surface area contributed by atoms with Gasteiger partial charge in [-0.1, -0.05) is 29.3 Å². The van der Waals surface area contributed by atoms with Crippen molar-refractivity contribution in [2.75, 3.05) is 5.32 Å². The van der Waals surface area contributed by atoms with Crippen LogP contribution in [0.4, 0.5) is 19.3 Å². The van der Waals surface area contributed by atoms with Gasteiger partial charge in [-0.05, 0) is 91.7 Å². The van der Waals surface area contributed by atoms with Gasteiger partial charge in [0.15, 0.2) is 0 Å². The van der Waals surface area contributed by atoms with Crippen molar-refractivity contribution in [3.8, 4) is 11.5 Å². The van der Waals surface area contributed by atoms with Crippen molar-refractivity contribution in [2.24, 2.45) is 0 Å². The molecule has 4 aromatic carbocycles. The van der Waals surface area contributed by atoms with E-state index in [9.17, 15) is 22.0 Å². The second-order valence-corrected chi connectivity index (χ2v) is 11.3. The van der Waals surface area contributed by atoms with Gasteiger partial charge in [0.2, 0.25) is 9.84 Å². The highest BCUT2D eigenvalue weighted by Crippen LogP contribution is 2.39. The van der Waals surface area contributed by atoms with Gasteiger partial charge in [-0.15, -0.1) is 0 Å². The second-order valence-electron chi connectivity index (χ2n) is 8.55. The number of hydrogen-bond donors (Lipinski definition) is 2. The Bertz CT molecular complexity index is 1630. The number of benzene rings is 4. The number of hydrogen-bond acceptors (Lipinski definition) is 4. The minimum atomic E-state index is -3.74. The van der Waals surface area contributed by atoms with Crippen molar-refractivity contribution in [3.63, 3.8) is 0 Å². The second kappa shape index (κ2) is 11.6. The molecule has 0 fully saturated rings. The normalized spacial score (nSPS) is 11.2. The number of halogens is 4. The number of nitrogens with one attached hydrogen (secondary N) is 2. The number of aryl methyl sites for hydroxylation is 1. The zero-order valence-electron chi connectivity index (χ0n) is 20.7. The molecule has 0 saturated heterocycles. The van der Waals surface area contributed by atoms with E-state index in [1.807, 2.05) is 0 Å². The first-order valence-electron chi connectivity index (χ1n) is 11.5. The largest absolute Gasteiger partial charge is 0.456 e. The number of carbonyl (C=O) groups is 1. The molecule has 2 amide bonds. The monoisotopic (exact) mass is 590 g/mol. The Hall–Kier alpha value is -3.66. The van der Waals surface area contributed by atoms with Gasteiger partial charge in [-0.25, -0.2) is 22.0 Å². The number of amides is 2. The molecule has 0 aliphatic heterocycles. The molecule has 6 nitrogen and oxygen atoms in total. The predicted octanol–water partition coefficient (Wildman–Crippen LogP) is 7.84. The highest BCUT2D eigenvalue weighted by molar-refractivity contribution is 7.91. The van der Waals surface area contributed by atoms with Gasteiger partial charge in [0.05, 0.1) is 21.4 Å². The smallest absolute Gasteiger partial charge is 0.319 e. The van der Waals surface area contributed by atoms with Crippen molar-refractivity contribution in [1.82, 2.24) is 5.32 Å². The Morgan fingerprint density at radius 3 is 2.05 bits per heavy atom. The zero-order chi connectivity index (χ0) is 28.3. The summed E-state index contributed by atoms with van der Waals surface area (Å²) in [6, 6.07) is 16.2. The Balaban J connectivity index is 1.47. The Labute approximate surface area is 234 Å². The highest BCUT2D eigenvalue weighted by Gasteiger charge is 2.19. The zero-order valence-corrected chi connectivity index (χ0v) is 23.0. The fraction of sp³-hybridized carbons (Fsp3) is 0.107. The Morgan fingerprint density at radius 1 is 0.897 bits per heavy atom. The number of anilines is 1. The van der Waals surface area contributed by atoms with Crippen molar-refractivity contribution >= 4 is 44.8 Å². The molecule has 4 aromatic rings. The standard InChI is InChI=1S/C28H22Cl2F2N2O4S/c1-16-14-25(34-28(35)33-15-22-23(31)4-3-5-24(22)32)17(2)26(30)27(16)38-19-8-12-21(13-9-19)39(36,37)20-10-6-18(29)7-11-20/h3-14H,15H2,1-2H3,(H2,33,34,35). The fourth-order valence-corrected chi connectivity index (χ4v) is 5.37. The van der Waals surface area contributed by atoms with Crippen LogP contribution in [0.5, 0.6) is 11.5 Å². The number of ether oxygens (including phenoxy) is 1. The maximum absolute atomic E-state index is 13.8. The van der Waals surface area contributed by atoms with E-state index in [0.717, 1.165) is 12.1 Å². The van der Waals surface area contributed by atoms with E-state index in [1.165, 1.54) is 54.6 Å². The van der Waals surface area contributed by atoms with Crippen LogP contribution in [-0.4, -0.2) is 14.4 Å². The molecule has 0 spiro atoms. The van der Waals surface area contributed by atoms with Crippen molar-refractivity contribution in [1.29, 1.82) is 0 Å². The van der Waals surface area contributed by atoms with E-state index in [4.69, 9.17) is 27.9 Å². The van der Waals surface area contributed by atoms with Gasteiger partial charge in [0.1, 0.15) is 23.1 Å². The van der Waals surface area contributed by atoms with Crippen LogP contribution in [0.2, 0.25) is 10.0 Å². The molecule has 0 aromatic heterocycles. The molecule has 2 N–H and O–H groups in total. The Morgan fingerprint density at radius 2 is 1.46 bits per heavy atom. The number of carbonyl (C=O) groups excluding carboxylic acids is 1. The molecule has 0 aliphatic carbocycles. The number of urea groups is 1. The van der Waals surface area contributed by atoms with Gasteiger partial charge >= 0.3 is 6.03 Å². The van der Waals surface area contributed by atoms with Crippen LogP contribution >= 0.6 is 23.2 Å². The van der Waals surface area contributed by atoms with Crippen LogP contribution in [0.3, 0.4) is 0 Å². The van der Waals surface area contributed by atoms with Gasteiger partial charge in [0.25, 0.3) is 0 Å². The van der Waals surface area contributed by atoms with Crippen molar-refractivity contribution in [3.05, 3.63) is 111 Å². The van der Waals surface area contributed by atoms with Crippen LogP contribution in [0.25, 0.3) is 0 Å². The summed E-state index contributed by atoms with van der Waals surface area (Å²) in [5.41, 5.74) is 1.19. The molecule has 4 rings (SSSR count). The molecule has 0 radical (unpaired) electrons. The lowest BCUT2D eigenvalue weighted by Crippen LogP contribution is -2.29. The average Bonchev–Trinajstić information content (AvgIpc) is 2.90. The number of sulfone groups is 1. The van der Waals surface area contributed by atoms with Gasteiger partial charge < -0.3 is 15.4 Å². The van der Waals surface area contributed by atoms with E-state index < -0.39 is 27.5 Å². The summed E-state index contributed by atoms with van der Waals surface area (Å²) in [6.07, 6.45) is 0. The van der Waals surface area contributed by atoms with Crippen LogP contribution in [-0.2, 0) is 16.4 Å². The molecular weight excluding hydrogens is 569 g/mol. The van der Waals surface area contributed by atoms with Gasteiger partial charge in [-0.2, -0.15) is 0 Å². The predicted molar refractivity (Wildman–Crippen MR) is 147 cm³/mol. The minimum absolute atomic E-state index is 0.0806. The van der Waals surface area contributed by atoms with E-state index >= 15 is 0 Å². The first-order chi connectivity index (χ1) is 18.5. The lowest BCUT2D eigenvalue weighted by molar-refractivity contribution is 0.251. The van der Waals surface area contributed by atoms with E-state index in [-0.39, 0.29) is 26.9 Å². The molecule has 0 heterocycles. The van der Waals surface area contributed by atoms with Crippen LogP contribution < -0.4 is 15.4 Å². The van der Waals surface area contributed by atoms with Gasteiger partial charge in [-0.3, -0.25) is 0 Å². The topological polar surface area (TPSA) is 84.5 Å². The third-order valence-electron chi connectivity index (χ3n) is 5.87. The maximum atomic E-state index is 13.8. The molecule has 0 bridgehead atoms. The average molecular weight is 591 g/mol. The molecule has 39 heavy (non-hydrogen) atoms. The lowest BCUT2D eigenvalue weighted by atomic mass is 10.1. The Kier molecular flexibility index (Phi) is 8.44. The lowest BCUT2D eigenvalue weighted by Gasteiger charge is -2.17. The fourth-order valence-electron chi connectivity index (χ4n) is 3.70. The highest BCUT2D eigenvalue weighted by atomic mass is 35.5. The summed E-state index contributed by atoms with van der Waals surface area (Å²) >= 11 is 12.4. The molecule has 0 atom stereocenters. The summed E-state index contributed by atoms with van der Waals surface area (Å²) in [6.45, 7) is 3.04. The van der Waals surface area contributed by atoms with E-state index in [0.29, 0.717) is 33.3 Å². The third kappa shape index (κ3) is 6.33. The van der Waals surface area contributed by atoms with Crippen LogP contribution in [0.1, 0.15) is 16.7 Å². The maximum Gasteiger partial charge on any atom is 0.319 e. The van der Waals surface area contributed by atoms with Crippen LogP contribution in [0.15, 0.2) is 82.6 Å². The van der Waals surface area contributed by atoms with Crippen LogP contribution in [0, 0.1) is 25.5 Å². The summed E-state index contributed by atoms with van der Waals surface area (Å²) in [5, 5.41) is 5.70. The molecule has 11 heteroatoms. The quantitative estimate of drug-likeness (QED) is 0.229. The summed E-state index contributed by atoms with van der Waals surface area (Å²) in [4.78, 5) is 12.6. The first-order valence-corrected chi connectivity index (χ1v) is 13.8. The summed E-state index contributed by atoms with van der Waals surface area (Å²) in [5.74, 6) is -0.855. The van der Waals surface area contributed by atoms with Gasteiger partial charge in [0, 0.05) is 16.3 Å². The first kappa shape index (κ1) is 28.4. The molecule has 0 saturated carbocycles. The number of rotatable bonds is 7. The SMILES string of the molecule is Cc1cc(NC(=O)NCc2c(F)cccc2F)c(C)c(Cl)c1Oc1ccc(S(=O)(=O)c2ccc(Cl)cc2)cc1. The van der Waals surface area contributed by atoms with Crippen molar-refractivity contribution in [2.45, 2.75) is 30.2 Å². The third-order valence-corrected chi connectivity index (χ3v) is 8.36. The molecule has 0 aliphatic rings. The minimum Gasteiger partial charge on any atom is -0.456 e.